The lowest BCUT2D eigenvalue weighted by atomic mass is 10.00. The summed E-state index contributed by atoms with van der Waals surface area (Å²) >= 11 is 0. The number of aliphatic hydroxyl groups excluding tert-OH is 1. The monoisotopic (exact) mass is 413 g/mol. The molecule has 1 amide bonds. The molecule has 6 nitrogen and oxygen atoms in total. The van der Waals surface area contributed by atoms with Crippen molar-refractivity contribution in [1.29, 1.82) is 0 Å². The molecule has 3 N–H and O–H groups in total. The van der Waals surface area contributed by atoms with Crippen LogP contribution in [0, 0.1) is 0 Å². The van der Waals surface area contributed by atoms with Crippen molar-refractivity contribution >= 4 is 6.41 Å². The van der Waals surface area contributed by atoms with Crippen LogP contribution < -0.4 is 10.5 Å². The van der Waals surface area contributed by atoms with Crippen LogP contribution in [0.5, 0.6) is 5.88 Å². The Balaban J connectivity index is 1.79. The number of aliphatic hydroxyl groups is 1. The number of benzene rings is 1. The number of alkyl halides is 4. The van der Waals surface area contributed by atoms with E-state index >= 15 is 0 Å². The highest BCUT2D eigenvalue weighted by Crippen LogP contribution is 2.33. The molecule has 0 radical (unpaired) electrons. The maximum absolute atomic E-state index is 13.8. The van der Waals surface area contributed by atoms with Gasteiger partial charge in [0, 0.05) is 12.6 Å². The average Bonchev–Trinajstić information content (AvgIpc) is 2.99. The van der Waals surface area contributed by atoms with Gasteiger partial charge >= 0.3 is 6.18 Å². The van der Waals surface area contributed by atoms with E-state index in [0.717, 1.165) is 11.0 Å². The molecule has 1 fully saturated rings. The fourth-order valence-electron chi connectivity index (χ4n) is 3.23. The fourth-order valence-corrected chi connectivity index (χ4v) is 3.23. The molecule has 1 aromatic heterocycles. The fraction of sp³-hybridized carbons (Fsp3) is 0.368. The quantitative estimate of drug-likeness (QED) is 0.561. The Morgan fingerprint density at radius 2 is 2.03 bits per heavy atom. The lowest BCUT2D eigenvalue weighted by Gasteiger charge is -2.22. The van der Waals surface area contributed by atoms with Crippen LogP contribution in [-0.4, -0.2) is 40.2 Å². The van der Waals surface area contributed by atoms with E-state index in [-0.39, 0.29) is 31.1 Å². The number of ether oxygens (including phenoxy) is 1. The first-order valence-electron chi connectivity index (χ1n) is 8.76. The highest BCUT2D eigenvalue weighted by Gasteiger charge is 2.41. The van der Waals surface area contributed by atoms with Gasteiger partial charge < -0.3 is 20.5 Å². The minimum Gasteiger partial charge on any atom is -0.473 e. The van der Waals surface area contributed by atoms with E-state index in [1.807, 2.05) is 0 Å². The van der Waals surface area contributed by atoms with Gasteiger partial charge in [-0.15, -0.1) is 0 Å². The van der Waals surface area contributed by atoms with Gasteiger partial charge in [0.2, 0.25) is 12.3 Å². The molecule has 1 aliphatic rings. The maximum Gasteiger partial charge on any atom is 0.433 e. The minimum atomic E-state index is -4.64. The first-order chi connectivity index (χ1) is 13.7. The first kappa shape index (κ1) is 21.0. The van der Waals surface area contributed by atoms with Gasteiger partial charge in [0.15, 0.2) is 0 Å². The van der Waals surface area contributed by atoms with Gasteiger partial charge in [-0.25, -0.2) is 9.37 Å². The second-order valence-electron chi connectivity index (χ2n) is 6.69. The lowest BCUT2D eigenvalue weighted by Crippen LogP contribution is -2.26. The van der Waals surface area contributed by atoms with Crippen LogP contribution in [-0.2, 0) is 24.1 Å². The zero-order chi connectivity index (χ0) is 21.2. The molecule has 1 aliphatic heterocycles. The molecule has 0 bridgehead atoms. The highest BCUT2D eigenvalue weighted by molar-refractivity contribution is 5.51. The van der Waals surface area contributed by atoms with Crippen molar-refractivity contribution in [2.45, 2.75) is 37.6 Å². The van der Waals surface area contributed by atoms with Crippen LogP contribution in [0.1, 0.15) is 28.4 Å². The van der Waals surface area contributed by atoms with Crippen molar-refractivity contribution in [1.82, 2.24) is 9.88 Å². The number of hydrogen-bond acceptors (Lipinski definition) is 5. The van der Waals surface area contributed by atoms with Gasteiger partial charge in [0.1, 0.15) is 24.6 Å². The summed E-state index contributed by atoms with van der Waals surface area (Å²) in [5.41, 5.74) is 5.60. The molecule has 2 heterocycles. The molecule has 3 unspecified atom stereocenters. The van der Waals surface area contributed by atoms with E-state index in [9.17, 15) is 27.5 Å². The van der Waals surface area contributed by atoms with Crippen LogP contribution >= 0.6 is 0 Å². The first-order valence-corrected chi connectivity index (χ1v) is 8.76. The molecule has 2 aromatic rings. The summed E-state index contributed by atoms with van der Waals surface area (Å²) in [7, 11) is 0. The number of halogens is 4. The molecular formula is C19H19F4N3O3. The molecule has 156 valence electrons. The van der Waals surface area contributed by atoms with Gasteiger partial charge in [-0.2, -0.15) is 13.2 Å². The van der Waals surface area contributed by atoms with Crippen LogP contribution in [0.4, 0.5) is 17.6 Å². The number of carbonyl (C=O) groups excluding carboxylic acids is 1. The zero-order valence-corrected chi connectivity index (χ0v) is 15.1. The van der Waals surface area contributed by atoms with E-state index in [0.29, 0.717) is 17.5 Å². The van der Waals surface area contributed by atoms with Crippen molar-refractivity contribution in [2.75, 3.05) is 6.54 Å². The number of aromatic nitrogens is 1. The Morgan fingerprint density at radius 3 is 2.69 bits per heavy atom. The number of carbonyl (C=O) groups is 1. The zero-order valence-electron chi connectivity index (χ0n) is 15.1. The van der Waals surface area contributed by atoms with Crippen LogP contribution in [0.2, 0.25) is 0 Å². The van der Waals surface area contributed by atoms with Crippen molar-refractivity contribution < 1.29 is 32.2 Å². The second-order valence-corrected chi connectivity index (χ2v) is 6.69. The second kappa shape index (κ2) is 8.34. The molecule has 0 saturated carbocycles. The van der Waals surface area contributed by atoms with Gasteiger partial charge in [-0.05, 0) is 22.8 Å². The molecule has 10 heteroatoms. The van der Waals surface area contributed by atoms with Crippen LogP contribution in [0.3, 0.4) is 0 Å². The van der Waals surface area contributed by atoms with E-state index < -0.39 is 30.2 Å². The number of nitrogens with two attached hydrogens (primary N) is 1. The number of hydrogen-bond donors (Lipinski definition) is 2. The molecule has 1 saturated heterocycles. The van der Waals surface area contributed by atoms with Gasteiger partial charge in [0.05, 0.1) is 12.6 Å². The summed E-state index contributed by atoms with van der Waals surface area (Å²) in [6, 6.07) is 7.83. The van der Waals surface area contributed by atoms with Crippen molar-refractivity contribution in [2.24, 2.45) is 5.73 Å². The SMILES string of the molecule is NCc1cc(OCc2cccc(C3C(O)C(F)CN3C=O)c2)nc(C(F)(F)F)c1. The Hall–Kier alpha value is -2.72. The highest BCUT2D eigenvalue weighted by atomic mass is 19.4. The third-order valence-electron chi connectivity index (χ3n) is 4.64. The lowest BCUT2D eigenvalue weighted by molar-refractivity contribution is -0.141. The molecule has 3 rings (SSSR count). The predicted molar refractivity (Wildman–Crippen MR) is 94.3 cm³/mol. The van der Waals surface area contributed by atoms with Crippen LogP contribution in [0.25, 0.3) is 0 Å². The van der Waals surface area contributed by atoms with Crippen molar-refractivity contribution in [3.05, 3.63) is 58.8 Å². The molecule has 1 aromatic carbocycles. The number of likely N-dealkylation sites (tertiary alicyclic amines) is 1. The third kappa shape index (κ3) is 4.65. The van der Waals surface area contributed by atoms with E-state index in [1.165, 1.54) is 6.07 Å². The normalized spacial score (nSPS) is 22.0. The smallest absolute Gasteiger partial charge is 0.433 e. The number of rotatable bonds is 6. The van der Waals surface area contributed by atoms with Gasteiger partial charge in [-0.3, -0.25) is 4.79 Å². The van der Waals surface area contributed by atoms with E-state index in [2.05, 4.69) is 4.98 Å². The summed E-state index contributed by atoms with van der Waals surface area (Å²) in [5, 5.41) is 10.0. The third-order valence-corrected chi connectivity index (χ3v) is 4.64. The minimum absolute atomic E-state index is 0.108. The number of amides is 1. The molecule has 0 spiro atoms. The topological polar surface area (TPSA) is 88.7 Å². The van der Waals surface area contributed by atoms with Gasteiger partial charge in [0.25, 0.3) is 0 Å². The summed E-state index contributed by atoms with van der Waals surface area (Å²) in [4.78, 5) is 15.8. The average molecular weight is 413 g/mol. The summed E-state index contributed by atoms with van der Waals surface area (Å²) in [5.74, 6) is -0.232. The van der Waals surface area contributed by atoms with Crippen molar-refractivity contribution in [3.63, 3.8) is 0 Å². The van der Waals surface area contributed by atoms with E-state index in [4.69, 9.17) is 10.5 Å². The number of pyridine rings is 1. The van der Waals surface area contributed by atoms with E-state index in [1.54, 1.807) is 24.3 Å². The number of nitrogens with zero attached hydrogens (tertiary/aromatic N) is 2. The molecular weight excluding hydrogens is 394 g/mol. The van der Waals surface area contributed by atoms with Crippen LogP contribution in [0.15, 0.2) is 36.4 Å². The summed E-state index contributed by atoms with van der Waals surface area (Å²) < 4.78 is 58.1. The standard InChI is InChI=1S/C19H19F4N3O3/c20-14-8-26(10-27)17(18(14)28)13-3-1-2-11(4-13)9-29-16-6-12(7-24)5-15(25-16)19(21,22)23/h1-6,10,14,17-18,28H,7-9,24H2. The molecule has 0 aliphatic carbocycles. The largest absolute Gasteiger partial charge is 0.473 e. The Morgan fingerprint density at radius 1 is 1.28 bits per heavy atom. The molecule has 3 atom stereocenters. The predicted octanol–water partition coefficient (Wildman–Crippen LogP) is 2.35. The molecule has 29 heavy (non-hydrogen) atoms. The Bertz CT molecular complexity index is 878. The van der Waals surface area contributed by atoms with Crippen molar-refractivity contribution in [3.8, 4) is 5.88 Å². The summed E-state index contributed by atoms with van der Waals surface area (Å²) in [6.07, 6.45) is -7.09. The Kier molecular flexibility index (Phi) is 6.04. The summed E-state index contributed by atoms with van der Waals surface area (Å²) in [6.45, 7) is -0.440. The van der Waals surface area contributed by atoms with Gasteiger partial charge in [-0.1, -0.05) is 24.3 Å². The Labute approximate surface area is 163 Å². The maximum atomic E-state index is 13.8.